The van der Waals surface area contributed by atoms with Gasteiger partial charge in [0.15, 0.2) is 0 Å². The number of thiophene rings is 1. The molecule has 4 nitrogen and oxygen atoms in total. The maximum absolute atomic E-state index is 12.4. The van der Waals surface area contributed by atoms with Gasteiger partial charge in [-0.3, -0.25) is 4.79 Å². The molecule has 0 bridgehead atoms. The number of nitrogen functional groups attached to an aromatic ring is 1. The number of rotatable bonds is 3. The van der Waals surface area contributed by atoms with Gasteiger partial charge in [-0.05, 0) is 37.3 Å². The molecule has 5 heteroatoms. The van der Waals surface area contributed by atoms with Crippen LogP contribution in [0, 0.1) is 12.8 Å². The Labute approximate surface area is 128 Å². The Hall–Kier alpha value is -1.62. The van der Waals surface area contributed by atoms with Crippen molar-refractivity contribution in [3.8, 4) is 0 Å². The zero-order valence-corrected chi connectivity index (χ0v) is 13.1. The first-order valence-corrected chi connectivity index (χ1v) is 8.40. The number of nitrogens with zero attached hydrogens (tertiary/aromatic N) is 1. The fourth-order valence-electron chi connectivity index (χ4n) is 3.08. The molecule has 0 spiro atoms. The Morgan fingerprint density at radius 3 is 2.90 bits per heavy atom. The number of carbonyl (C=O) groups is 1. The molecule has 2 aromatic heterocycles. The molecule has 112 valence electrons. The van der Waals surface area contributed by atoms with Crippen LogP contribution in [0.1, 0.15) is 47.3 Å². The SMILES string of the molecule is Cc1ccnc2sc(C(=O)NCC3CCCCC3)c(N)c12. The number of carbonyl (C=O) groups excluding carboxylic acids is 1. The van der Waals surface area contributed by atoms with Gasteiger partial charge in [0.1, 0.15) is 9.71 Å². The van der Waals surface area contributed by atoms with Crippen LogP contribution < -0.4 is 11.1 Å². The average Bonchev–Trinajstić information content (AvgIpc) is 2.84. The highest BCUT2D eigenvalue weighted by atomic mass is 32.1. The van der Waals surface area contributed by atoms with Gasteiger partial charge in [0, 0.05) is 18.1 Å². The van der Waals surface area contributed by atoms with Crippen molar-refractivity contribution in [3.63, 3.8) is 0 Å². The molecule has 0 atom stereocenters. The molecule has 0 radical (unpaired) electrons. The van der Waals surface area contributed by atoms with Gasteiger partial charge >= 0.3 is 0 Å². The highest BCUT2D eigenvalue weighted by molar-refractivity contribution is 7.21. The summed E-state index contributed by atoms with van der Waals surface area (Å²) < 4.78 is 0. The molecule has 2 aromatic rings. The molecule has 0 saturated heterocycles. The molecule has 21 heavy (non-hydrogen) atoms. The minimum absolute atomic E-state index is 0.0551. The third kappa shape index (κ3) is 2.88. The van der Waals surface area contributed by atoms with Crippen molar-refractivity contribution < 1.29 is 4.79 Å². The van der Waals surface area contributed by atoms with E-state index in [1.807, 2.05) is 13.0 Å². The second-order valence-electron chi connectivity index (χ2n) is 5.87. The quantitative estimate of drug-likeness (QED) is 0.912. The van der Waals surface area contributed by atoms with Crippen LogP contribution in [0.25, 0.3) is 10.2 Å². The topological polar surface area (TPSA) is 68.0 Å². The molecule has 0 unspecified atom stereocenters. The Morgan fingerprint density at radius 1 is 1.43 bits per heavy atom. The van der Waals surface area contributed by atoms with E-state index in [0.29, 0.717) is 16.5 Å². The van der Waals surface area contributed by atoms with E-state index in [0.717, 1.165) is 22.3 Å². The summed E-state index contributed by atoms with van der Waals surface area (Å²) in [6.07, 6.45) is 8.12. The van der Waals surface area contributed by atoms with Gasteiger partial charge in [-0.25, -0.2) is 4.98 Å². The standard InChI is InChI=1S/C16H21N3OS/c1-10-7-8-18-16-12(10)13(17)14(21-16)15(20)19-9-11-5-3-2-4-6-11/h7-8,11H,2-6,9,17H2,1H3,(H,19,20). The van der Waals surface area contributed by atoms with E-state index in [1.54, 1.807) is 6.20 Å². The Balaban J connectivity index is 1.75. The number of hydrogen-bond donors (Lipinski definition) is 2. The van der Waals surface area contributed by atoms with Crippen LogP contribution in [-0.4, -0.2) is 17.4 Å². The van der Waals surface area contributed by atoms with Crippen LogP contribution in [0.2, 0.25) is 0 Å². The van der Waals surface area contributed by atoms with Crippen molar-refractivity contribution in [1.29, 1.82) is 0 Å². The molecule has 1 saturated carbocycles. The third-order valence-electron chi connectivity index (χ3n) is 4.32. The van der Waals surface area contributed by atoms with Gasteiger partial charge in [0.05, 0.1) is 5.69 Å². The summed E-state index contributed by atoms with van der Waals surface area (Å²) in [7, 11) is 0. The number of amides is 1. The number of aryl methyl sites for hydroxylation is 1. The Morgan fingerprint density at radius 2 is 2.19 bits per heavy atom. The summed E-state index contributed by atoms with van der Waals surface area (Å²) in [5, 5.41) is 3.98. The molecule has 2 heterocycles. The summed E-state index contributed by atoms with van der Waals surface area (Å²) >= 11 is 1.38. The maximum Gasteiger partial charge on any atom is 0.263 e. The first-order chi connectivity index (χ1) is 10.2. The lowest BCUT2D eigenvalue weighted by atomic mass is 9.89. The lowest BCUT2D eigenvalue weighted by molar-refractivity contribution is 0.0948. The van der Waals surface area contributed by atoms with Crippen LogP contribution >= 0.6 is 11.3 Å². The van der Waals surface area contributed by atoms with E-state index in [9.17, 15) is 4.79 Å². The third-order valence-corrected chi connectivity index (χ3v) is 5.43. The number of hydrogen-bond acceptors (Lipinski definition) is 4. The summed E-state index contributed by atoms with van der Waals surface area (Å²) in [4.78, 5) is 18.1. The number of nitrogens with two attached hydrogens (primary N) is 1. The van der Waals surface area contributed by atoms with Crippen LogP contribution in [0.15, 0.2) is 12.3 Å². The number of aromatic nitrogens is 1. The smallest absolute Gasteiger partial charge is 0.263 e. The first-order valence-electron chi connectivity index (χ1n) is 7.58. The van der Waals surface area contributed by atoms with Crippen molar-refractivity contribution in [2.45, 2.75) is 39.0 Å². The van der Waals surface area contributed by atoms with Gasteiger partial charge in [0.25, 0.3) is 5.91 Å². The van der Waals surface area contributed by atoms with Crippen LogP contribution in [0.3, 0.4) is 0 Å². The molecule has 0 aliphatic heterocycles. The van der Waals surface area contributed by atoms with Crippen LogP contribution in [0.4, 0.5) is 5.69 Å². The maximum atomic E-state index is 12.4. The number of nitrogens with one attached hydrogen (secondary N) is 1. The molecular formula is C16H21N3OS. The molecule has 0 aromatic carbocycles. The average molecular weight is 303 g/mol. The zero-order valence-electron chi connectivity index (χ0n) is 12.3. The molecule has 3 rings (SSSR count). The normalized spacial score (nSPS) is 16.2. The Bertz CT molecular complexity index is 659. The largest absolute Gasteiger partial charge is 0.397 e. The fraction of sp³-hybridized carbons (Fsp3) is 0.500. The van der Waals surface area contributed by atoms with Crippen molar-refractivity contribution >= 4 is 33.1 Å². The molecule has 3 N–H and O–H groups in total. The van der Waals surface area contributed by atoms with E-state index < -0.39 is 0 Å². The van der Waals surface area contributed by atoms with Gasteiger partial charge in [-0.2, -0.15) is 0 Å². The summed E-state index contributed by atoms with van der Waals surface area (Å²) in [6.45, 7) is 2.76. The Kier molecular flexibility index (Phi) is 4.10. The minimum atomic E-state index is -0.0551. The van der Waals surface area contributed by atoms with Crippen molar-refractivity contribution in [3.05, 3.63) is 22.7 Å². The van der Waals surface area contributed by atoms with Crippen molar-refractivity contribution in [2.24, 2.45) is 5.92 Å². The fourth-order valence-corrected chi connectivity index (χ4v) is 4.14. The monoisotopic (exact) mass is 303 g/mol. The van der Waals surface area contributed by atoms with E-state index in [-0.39, 0.29) is 5.91 Å². The lowest BCUT2D eigenvalue weighted by Gasteiger charge is -2.21. The van der Waals surface area contributed by atoms with E-state index >= 15 is 0 Å². The van der Waals surface area contributed by atoms with Gasteiger partial charge in [0.2, 0.25) is 0 Å². The lowest BCUT2D eigenvalue weighted by Crippen LogP contribution is -2.30. The molecule has 1 aliphatic rings. The predicted molar refractivity (Wildman–Crippen MR) is 87.7 cm³/mol. The number of anilines is 1. The van der Waals surface area contributed by atoms with Gasteiger partial charge < -0.3 is 11.1 Å². The summed E-state index contributed by atoms with van der Waals surface area (Å²) in [5.74, 6) is 0.568. The predicted octanol–water partition coefficient (Wildman–Crippen LogP) is 3.50. The minimum Gasteiger partial charge on any atom is -0.397 e. The molecule has 1 amide bonds. The van der Waals surface area contributed by atoms with Crippen LogP contribution in [-0.2, 0) is 0 Å². The van der Waals surface area contributed by atoms with E-state index in [1.165, 1.54) is 43.4 Å². The molecular weight excluding hydrogens is 282 g/mol. The number of pyridine rings is 1. The van der Waals surface area contributed by atoms with Crippen molar-refractivity contribution in [1.82, 2.24) is 10.3 Å². The highest BCUT2D eigenvalue weighted by Gasteiger charge is 2.20. The van der Waals surface area contributed by atoms with E-state index in [2.05, 4.69) is 10.3 Å². The first kappa shape index (κ1) is 14.3. The zero-order chi connectivity index (χ0) is 14.8. The molecule has 1 fully saturated rings. The van der Waals surface area contributed by atoms with Gasteiger partial charge in [-0.15, -0.1) is 11.3 Å². The second-order valence-corrected chi connectivity index (χ2v) is 6.87. The highest BCUT2D eigenvalue weighted by Crippen LogP contribution is 2.34. The van der Waals surface area contributed by atoms with Crippen LogP contribution in [0.5, 0.6) is 0 Å². The number of fused-ring (bicyclic) bond motifs is 1. The van der Waals surface area contributed by atoms with E-state index in [4.69, 9.17) is 5.73 Å². The summed E-state index contributed by atoms with van der Waals surface area (Å²) in [6, 6.07) is 1.93. The molecule has 1 aliphatic carbocycles. The summed E-state index contributed by atoms with van der Waals surface area (Å²) in [5.41, 5.74) is 7.80. The van der Waals surface area contributed by atoms with Crippen molar-refractivity contribution in [2.75, 3.05) is 12.3 Å². The second kappa shape index (κ2) is 6.02. The van der Waals surface area contributed by atoms with Gasteiger partial charge in [-0.1, -0.05) is 19.3 Å².